The maximum Gasteiger partial charge on any atom is 0.143 e. The van der Waals surface area contributed by atoms with Gasteiger partial charge in [0.25, 0.3) is 0 Å². The van der Waals surface area contributed by atoms with E-state index in [1.165, 1.54) is 12.1 Å². The zero-order valence-electron chi connectivity index (χ0n) is 11.7. The summed E-state index contributed by atoms with van der Waals surface area (Å²) in [7, 11) is 0. The molecule has 3 nitrogen and oxygen atoms in total. The highest BCUT2D eigenvalue weighted by Crippen LogP contribution is 2.29. The van der Waals surface area contributed by atoms with Crippen LogP contribution in [0.5, 0.6) is 5.75 Å². The molecule has 20 heavy (non-hydrogen) atoms. The summed E-state index contributed by atoms with van der Waals surface area (Å²) in [6, 6.07) is 12.2. The van der Waals surface area contributed by atoms with Crippen LogP contribution in [0.15, 0.2) is 42.5 Å². The van der Waals surface area contributed by atoms with Gasteiger partial charge in [0.05, 0.1) is 11.8 Å². The van der Waals surface area contributed by atoms with E-state index in [4.69, 9.17) is 10.5 Å². The summed E-state index contributed by atoms with van der Waals surface area (Å²) in [6.07, 6.45) is 0.0835. The molecule has 0 aromatic heterocycles. The first-order chi connectivity index (χ1) is 9.60. The smallest absolute Gasteiger partial charge is 0.143 e. The van der Waals surface area contributed by atoms with E-state index in [0.717, 1.165) is 22.7 Å². The highest BCUT2D eigenvalue weighted by molar-refractivity contribution is 5.68. The van der Waals surface area contributed by atoms with Crippen LogP contribution >= 0.6 is 0 Å². The first-order valence-corrected chi connectivity index (χ1v) is 6.61. The van der Waals surface area contributed by atoms with Gasteiger partial charge in [-0.2, -0.15) is 0 Å². The van der Waals surface area contributed by atoms with Gasteiger partial charge < -0.3 is 15.8 Å². The second-order valence-electron chi connectivity index (χ2n) is 4.79. The molecule has 0 atom stereocenters. The second kappa shape index (κ2) is 6.39. The molecule has 0 radical (unpaired) electrons. The number of halogens is 1. The maximum atomic E-state index is 13.2. The van der Waals surface area contributed by atoms with E-state index >= 15 is 0 Å². The lowest BCUT2D eigenvalue weighted by atomic mass is 10.1. The van der Waals surface area contributed by atoms with Gasteiger partial charge in [-0.1, -0.05) is 12.1 Å². The standard InChI is InChI=1S/C16H19FN2O/c1-11(2)20-16-6-4-3-5-15(16)19-14-8-7-13(17)9-12(14)10-18/h3-9,11,19H,10,18H2,1-2H3. The Morgan fingerprint density at radius 3 is 2.60 bits per heavy atom. The van der Waals surface area contributed by atoms with Gasteiger partial charge in [-0.15, -0.1) is 0 Å². The van der Waals surface area contributed by atoms with Gasteiger partial charge in [0, 0.05) is 12.2 Å². The molecule has 0 saturated heterocycles. The predicted molar refractivity (Wildman–Crippen MR) is 79.8 cm³/mol. The van der Waals surface area contributed by atoms with Crippen molar-refractivity contribution in [1.29, 1.82) is 0 Å². The van der Waals surface area contributed by atoms with E-state index in [0.29, 0.717) is 0 Å². The molecule has 0 aliphatic carbocycles. The fraction of sp³-hybridized carbons (Fsp3) is 0.250. The summed E-state index contributed by atoms with van der Waals surface area (Å²) in [5, 5.41) is 3.25. The number of ether oxygens (including phenoxy) is 1. The molecule has 106 valence electrons. The zero-order chi connectivity index (χ0) is 14.5. The van der Waals surface area contributed by atoms with Crippen LogP contribution in [-0.4, -0.2) is 6.10 Å². The van der Waals surface area contributed by atoms with Crippen LogP contribution in [0.4, 0.5) is 15.8 Å². The van der Waals surface area contributed by atoms with Crippen LogP contribution in [0, 0.1) is 5.82 Å². The summed E-state index contributed by atoms with van der Waals surface area (Å²) in [5.41, 5.74) is 8.00. The monoisotopic (exact) mass is 274 g/mol. The average Bonchev–Trinajstić information content (AvgIpc) is 2.42. The molecular formula is C16H19FN2O. The van der Waals surface area contributed by atoms with Gasteiger partial charge >= 0.3 is 0 Å². The van der Waals surface area contributed by atoms with E-state index in [-0.39, 0.29) is 18.5 Å². The largest absolute Gasteiger partial charge is 0.489 e. The van der Waals surface area contributed by atoms with Gasteiger partial charge in [-0.3, -0.25) is 0 Å². The van der Waals surface area contributed by atoms with E-state index in [1.807, 2.05) is 38.1 Å². The Kier molecular flexibility index (Phi) is 4.58. The third-order valence-corrected chi connectivity index (χ3v) is 2.81. The molecule has 2 rings (SSSR count). The van der Waals surface area contributed by atoms with Crippen molar-refractivity contribution in [3.63, 3.8) is 0 Å². The summed E-state index contributed by atoms with van der Waals surface area (Å²) in [4.78, 5) is 0. The molecule has 0 unspecified atom stereocenters. The molecule has 2 aromatic carbocycles. The van der Waals surface area contributed by atoms with E-state index in [2.05, 4.69) is 5.32 Å². The number of anilines is 2. The van der Waals surface area contributed by atoms with Crippen LogP contribution < -0.4 is 15.8 Å². The molecule has 0 heterocycles. The Morgan fingerprint density at radius 1 is 1.15 bits per heavy atom. The molecule has 0 bridgehead atoms. The number of benzene rings is 2. The van der Waals surface area contributed by atoms with Crippen molar-refractivity contribution in [2.75, 3.05) is 5.32 Å². The van der Waals surface area contributed by atoms with Gasteiger partial charge in [-0.25, -0.2) is 4.39 Å². The number of para-hydroxylation sites is 2. The van der Waals surface area contributed by atoms with Gasteiger partial charge in [-0.05, 0) is 49.7 Å². The lowest BCUT2D eigenvalue weighted by Crippen LogP contribution is -2.08. The van der Waals surface area contributed by atoms with Crippen LogP contribution in [0.1, 0.15) is 19.4 Å². The lowest BCUT2D eigenvalue weighted by molar-refractivity contribution is 0.244. The van der Waals surface area contributed by atoms with Crippen molar-refractivity contribution in [2.24, 2.45) is 5.73 Å². The number of rotatable bonds is 5. The number of hydrogen-bond donors (Lipinski definition) is 2. The third-order valence-electron chi connectivity index (χ3n) is 2.81. The SMILES string of the molecule is CC(C)Oc1ccccc1Nc1ccc(F)cc1CN. The normalized spacial score (nSPS) is 10.7. The van der Waals surface area contributed by atoms with Crippen molar-refractivity contribution in [2.45, 2.75) is 26.5 Å². The molecule has 0 aliphatic rings. The third kappa shape index (κ3) is 3.48. The highest BCUT2D eigenvalue weighted by Gasteiger charge is 2.08. The molecule has 4 heteroatoms. The van der Waals surface area contributed by atoms with Crippen molar-refractivity contribution < 1.29 is 9.13 Å². The minimum atomic E-state index is -0.289. The summed E-state index contributed by atoms with van der Waals surface area (Å²) < 4.78 is 19.0. The van der Waals surface area contributed by atoms with Crippen LogP contribution in [-0.2, 0) is 6.54 Å². The van der Waals surface area contributed by atoms with Crippen molar-refractivity contribution in [1.82, 2.24) is 0 Å². The van der Waals surface area contributed by atoms with Gasteiger partial charge in [0.15, 0.2) is 0 Å². The summed E-state index contributed by atoms with van der Waals surface area (Å²) >= 11 is 0. The molecule has 2 aromatic rings. The highest BCUT2D eigenvalue weighted by atomic mass is 19.1. The van der Waals surface area contributed by atoms with Crippen LogP contribution in [0.25, 0.3) is 0 Å². The van der Waals surface area contributed by atoms with Gasteiger partial charge in [0.2, 0.25) is 0 Å². The molecule has 0 aliphatic heterocycles. The van der Waals surface area contributed by atoms with E-state index < -0.39 is 0 Å². The minimum absolute atomic E-state index is 0.0835. The van der Waals surface area contributed by atoms with E-state index in [9.17, 15) is 4.39 Å². The van der Waals surface area contributed by atoms with Crippen LogP contribution in [0.2, 0.25) is 0 Å². The molecule has 0 amide bonds. The Morgan fingerprint density at radius 2 is 1.90 bits per heavy atom. The fourth-order valence-electron chi connectivity index (χ4n) is 1.92. The van der Waals surface area contributed by atoms with Crippen molar-refractivity contribution in [3.05, 3.63) is 53.8 Å². The quantitative estimate of drug-likeness (QED) is 0.871. The lowest BCUT2D eigenvalue weighted by Gasteiger charge is -2.17. The molecular weight excluding hydrogens is 255 g/mol. The molecule has 0 saturated carbocycles. The Hall–Kier alpha value is -2.07. The Bertz CT molecular complexity index is 584. The number of hydrogen-bond acceptors (Lipinski definition) is 3. The Labute approximate surface area is 118 Å². The zero-order valence-corrected chi connectivity index (χ0v) is 11.7. The minimum Gasteiger partial charge on any atom is -0.489 e. The summed E-state index contributed by atoms with van der Waals surface area (Å²) in [6.45, 7) is 4.22. The van der Waals surface area contributed by atoms with Gasteiger partial charge in [0.1, 0.15) is 11.6 Å². The molecule has 3 N–H and O–H groups in total. The maximum absolute atomic E-state index is 13.2. The molecule has 0 spiro atoms. The second-order valence-corrected chi connectivity index (χ2v) is 4.79. The van der Waals surface area contributed by atoms with Crippen LogP contribution in [0.3, 0.4) is 0 Å². The fourth-order valence-corrected chi connectivity index (χ4v) is 1.92. The van der Waals surface area contributed by atoms with Crippen molar-refractivity contribution in [3.8, 4) is 5.75 Å². The summed E-state index contributed by atoms with van der Waals surface area (Å²) in [5.74, 6) is 0.470. The first kappa shape index (κ1) is 14.3. The average molecular weight is 274 g/mol. The van der Waals surface area contributed by atoms with E-state index in [1.54, 1.807) is 6.07 Å². The van der Waals surface area contributed by atoms with Crippen molar-refractivity contribution >= 4 is 11.4 Å². The Balaban J connectivity index is 2.30. The number of nitrogens with two attached hydrogens (primary N) is 1. The predicted octanol–water partition coefficient (Wildman–Crippen LogP) is 3.82. The molecule has 0 fully saturated rings. The topological polar surface area (TPSA) is 47.3 Å². The first-order valence-electron chi connectivity index (χ1n) is 6.61. The number of nitrogens with one attached hydrogen (secondary N) is 1.